The van der Waals surface area contributed by atoms with Gasteiger partial charge in [0.15, 0.2) is 0 Å². The maximum absolute atomic E-state index is 11.9. The van der Waals surface area contributed by atoms with Crippen LogP contribution in [0.15, 0.2) is 12.1 Å². The second-order valence-electron chi connectivity index (χ2n) is 5.19. The summed E-state index contributed by atoms with van der Waals surface area (Å²) in [5.41, 5.74) is 2.70. The van der Waals surface area contributed by atoms with Crippen molar-refractivity contribution in [2.45, 2.75) is 39.5 Å². The molecule has 0 heterocycles. The Hall–Kier alpha value is -2.04. The predicted octanol–water partition coefficient (Wildman–Crippen LogP) is 3.02. The average Bonchev–Trinajstić information content (AvgIpc) is 2.45. The molecule has 1 aromatic carbocycles. The van der Waals surface area contributed by atoms with Gasteiger partial charge in [-0.25, -0.2) is 0 Å². The predicted molar refractivity (Wildman–Crippen MR) is 81.7 cm³/mol. The lowest BCUT2D eigenvalue weighted by Gasteiger charge is -2.16. The molecule has 0 atom stereocenters. The first-order valence-corrected chi connectivity index (χ1v) is 6.94. The molecule has 0 aliphatic rings. The van der Waals surface area contributed by atoms with Crippen LogP contribution in [0.2, 0.25) is 0 Å². The molecular weight excluding hydrogens is 270 g/mol. The van der Waals surface area contributed by atoms with E-state index in [-0.39, 0.29) is 30.6 Å². The summed E-state index contributed by atoms with van der Waals surface area (Å²) in [7, 11) is 2.94. The number of benzene rings is 1. The Kier molecular flexibility index (Phi) is 6.21. The molecule has 0 bridgehead atoms. The topological polar surface area (TPSA) is 64.6 Å². The number of ether oxygens (including phenoxy) is 2. The van der Waals surface area contributed by atoms with Crippen LogP contribution in [0.4, 0.5) is 5.69 Å². The quantitative estimate of drug-likeness (QED) is 0.819. The van der Waals surface area contributed by atoms with Crippen LogP contribution in [-0.2, 0) is 14.3 Å². The Morgan fingerprint density at radius 2 is 1.86 bits per heavy atom. The molecule has 1 amide bonds. The minimum absolute atomic E-state index is 0.0779. The summed E-state index contributed by atoms with van der Waals surface area (Å²) < 4.78 is 9.89. The Bertz CT molecular complexity index is 523. The van der Waals surface area contributed by atoms with Crippen LogP contribution in [0, 0.1) is 6.92 Å². The smallest absolute Gasteiger partial charge is 0.306 e. The van der Waals surface area contributed by atoms with E-state index in [1.807, 2.05) is 19.1 Å². The van der Waals surface area contributed by atoms with Crippen molar-refractivity contribution in [3.8, 4) is 5.75 Å². The van der Waals surface area contributed by atoms with Gasteiger partial charge in [0.2, 0.25) is 5.91 Å². The van der Waals surface area contributed by atoms with E-state index in [2.05, 4.69) is 23.9 Å². The number of aryl methyl sites for hydroxylation is 1. The molecule has 0 radical (unpaired) electrons. The molecule has 0 aliphatic heterocycles. The Labute approximate surface area is 125 Å². The van der Waals surface area contributed by atoms with E-state index in [1.54, 1.807) is 7.11 Å². The molecule has 1 rings (SSSR count). The van der Waals surface area contributed by atoms with Gasteiger partial charge in [-0.3, -0.25) is 9.59 Å². The second-order valence-corrected chi connectivity index (χ2v) is 5.19. The lowest BCUT2D eigenvalue weighted by Crippen LogP contribution is -2.15. The van der Waals surface area contributed by atoms with Crippen LogP contribution in [0.1, 0.15) is 43.7 Å². The summed E-state index contributed by atoms with van der Waals surface area (Å²) in [6.45, 7) is 6.04. The second kappa shape index (κ2) is 7.67. The highest BCUT2D eigenvalue weighted by atomic mass is 16.5. The largest absolute Gasteiger partial charge is 0.496 e. The first-order valence-electron chi connectivity index (χ1n) is 6.94. The van der Waals surface area contributed by atoms with Crippen molar-refractivity contribution in [3.63, 3.8) is 0 Å². The molecule has 21 heavy (non-hydrogen) atoms. The molecule has 116 valence electrons. The molecule has 0 fully saturated rings. The number of carbonyl (C=O) groups is 2. The summed E-state index contributed by atoms with van der Waals surface area (Å²) in [5.74, 6) is 0.504. The van der Waals surface area contributed by atoms with E-state index in [9.17, 15) is 9.59 Å². The maximum Gasteiger partial charge on any atom is 0.306 e. The normalized spacial score (nSPS) is 10.4. The highest BCUT2D eigenvalue weighted by Crippen LogP contribution is 2.32. The summed E-state index contributed by atoms with van der Waals surface area (Å²) in [6.07, 6.45) is 0.184. The fraction of sp³-hybridized carbons (Fsp3) is 0.500. The Balaban J connectivity index is 2.85. The molecule has 5 nitrogen and oxygen atoms in total. The van der Waals surface area contributed by atoms with Crippen LogP contribution in [-0.4, -0.2) is 26.1 Å². The van der Waals surface area contributed by atoms with Gasteiger partial charge in [0, 0.05) is 12.1 Å². The summed E-state index contributed by atoms with van der Waals surface area (Å²) in [5, 5.41) is 2.83. The van der Waals surface area contributed by atoms with E-state index in [4.69, 9.17) is 4.74 Å². The minimum Gasteiger partial charge on any atom is -0.496 e. The molecule has 0 spiro atoms. The number of nitrogens with one attached hydrogen (secondary N) is 1. The molecule has 0 saturated heterocycles. The standard InChI is InChI=1S/C16H23NO4/c1-10(2)12-9-13(11(3)8-14(12)20-4)17-15(18)6-7-16(19)21-5/h8-10H,6-7H2,1-5H3,(H,17,18). The van der Waals surface area contributed by atoms with Gasteiger partial charge in [-0.1, -0.05) is 13.8 Å². The number of hydrogen-bond donors (Lipinski definition) is 1. The zero-order chi connectivity index (χ0) is 16.0. The van der Waals surface area contributed by atoms with Crippen molar-refractivity contribution in [1.82, 2.24) is 0 Å². The van der Waals surface area contributed by atoms with E-state index in [0.717, 1.165) is 22.6 Å². The van der Waals surface area contributed by atoms with Gasteiger partial charge >= 0.3 is 5.97 Å². The van der Waals surface area contributed by atoms with Gasteiger partial charge in [-0.05, 0) is 36.1 Å². The first kappa shape index (κ1) is 17.0. The summed E-state index contributed by atoms with van der Waals surface area (Å²) in [4.78, 5) is 22.9. The van der Waals surface area contributed by atoms with Crippen molar-refractivity contribution in [1.29, 1.82) is 0 Å². The van der Waals surface area contributed by atoms with Crippen LogP contribution in [0.25, 0.3) is 0 Å². The monoisotopic (exact) mass is 293 g/mol. The van der Waals surface area contributed by atoms with E-state index in [1.165, 1.54) is 7.11 Å². The van der Waals surface area contributed by atoms with Gasteiger partial charge in [0.05, 0.1) is 20.6 Å². The molecular formula is C16H23NO4. The van der Waals surface area contributed by atoms with Crippen LogP contribution >= 0.6 is 0 Å². The van der Waals surface area contributed by atoms with E-state index >= 15 is 0 Å². The van der Waals surface area contributed by atoms with Gasteiger partial charge < -0.3 is 14.8 Å². The third-order valence-corrected chi connectivity index (χ3v) is 3.26. The lowest BCUT2D eigenvalue weighted by atomic mass is 9.99. The fourth-order valence-corrected chi connectivity index (χ4v) is 1.99. The van der Waals surface area contributed by atoms with Crippen LogP contribution in [0.5, 0.6) is 5.75 Å². The highest BCUT2D eigenvalue weighted by Gasteiger charge is 2.13. The fourth-order valence-electron chi connectivity index (χ4n) is 1.99. The average molecular weight is 293 g/mol. The number of carbonyl (C=O) groups excluding carboxylic acids is 2. The lowest BCUT2D eigenvalue weighted by molar-refractivity contribution is -0.141. The number of esters is 1. The third-order valence-electron chi connectivity index (χ3n) is 3.26. The van der Waals surface area contributed by atoms with Crippen molar-refractivity contribution in [2.75, 3.05) is 19.5 Å². The number of anilines is 1. The van der Waals surface area contributed by atoms with Crippen molar-refractivity contribution < 1.29 is 19.1 Å². The van der Waals surface area contributed by atoms with Crippen LogP contribution in [0.3, 0.4) is 0 Å². The number of rotatable bonds is 6. The summed E-state index contributed by atoms with van der Waals surface area (Å²) >= 11 is 0. The van der Waals surface area contributed by atoms with Crippen molar-refractivity contribution >= 4 is 17.6 Å². The Morgan fingerprint density at radius 1 is 1.19 bits per heavy atom. The van der Waals surface area contributed by atoms with Crippen LogP contribution < -0.4 is 10.1 Å². The number of hydrogen-bond acceptors (Lipinski definition) is 4. The van der Waals surface area contributed by atoms with Crippen molar-refractivity contribution in [3.05, 3.63) is 23.3 Å². The molecule has 1 aromatic rings. The van der Waals surface area contributed by atoms with Gasteiger partial charge in [0.1, 0.15) is 5.75 Å². The van der Waals surface area contributed by atoms with E-state index < -0.39 is 0 Å². The maximum atomic E-state index is 11.9. The molecule has 0 aromatic heterocycles. The van der Waals surface area contributed by atoms with Gasteiger partial charge in [-0.15, -0.1) is 0 Å². The van der Waals surface area contributed by atoms with Crippen molar-refractivity contribution in [2.24, 2.45) is 0 Å². The number of amides is 1. The van der Waals surface area contributed by atoms with Gasteiger partial charge in [-0.2, -0.15) is 0 Å². The highest BCUT2D eigenvalue weighted by molar-refractivity contribution is 5.93. The van der Waals surface area contributed by atoms with E-state index in [0.29, 0.717) is 0 Å². The Morgan fingerprint density at radius 3 is 2.38 bits per heavy atom. The SMILES string of the molecule is COC(=O)CCC(=O)Nc1cc(C(C)C)c(OC)cc1C. The zero-order valence-corrected chi connectivity index (χ0v) is 13.3. The third kappa shape index (κ3) is 4.77. The summed E-state index contributed by atoms with van der Waals surface area (Å²) in [6, 6.07) is 3.83. The molecule has 0 aliphatic carbocycles. The molecule has 0 saturated carbocycles. The molecule has 5 heteroatoms. The first-order chi connectivity index (χ1) is 9.88. The zero-order valence-electron chi connectivity index (χ0n) is 13.3. The van der Waals surface area contributed by atoms with Gasteiger partial charge in [0.25, 0.3) is 0 Å². The molecule has 1 N–H and O–H groups in total. The minimum atomic E-state index is -0.389. The number of methoxy groups -OCH3 is 2. The molecule has 0 unspecified atom stereocenters.